The molecule has 2 rings (SSSR count). The molecule has 1 aromatic carbocycles. The number of rotatable bonds is 3. The van der Waals surface area contributed by atoms with Crippen LogP contribution >= 0.6 is 0 Å². The lowest BCUT2D eigenvalue weighted by Crippen LogP contribution is -2.13. The second-order valence-electron chi connectivity index (χ2n) is 3.98. The molecule has 0 bridgehead atoms. The maximum absolute atomic E-state index is 11.9. The highest BCUT2D eigenvalue weighted by molar-refractivity contribution is 6.03. The van der Waals surface area contributed by atoms with Crippen molar-refractivity contribution in [2.45, 2.75) is 6.92 Å². The number of hydrogen-bond acceptors (Lipinski definition) is 3. The molecule has 5 nitrogen and oxygen atoms in total. The fraction of sp³-hybridized carbons (Fsp3) is 0.154. The van der Waals surface area contributed by atoms with Crippen LogP contribution in [0.25, 0.3) is 0 Å². The van der Waals surface area contributed by atoms with Crippen molar-refractivity contribution in [2.24, 2.45) is 0 Å². The van der Waals surface area contributed by atoms with E-state index in [4.69, 9.17) is 10.5 Å². The fourth-order valence-corrected chi connectivity index (χ4v) is 1.64. The van der Waals surface area contributed by atoms with Gasteiger partial charge in [-0.3, -0.25) is 4.79 Å². The number of H-pyrrole nitrogens is 1. The summed E-state index contributed by atoms with van der Waals surface area (Å²) >= 11 is 0. The number of carbonyl (C=O) groups is 1. The molecule has 0 saturated heterocycles. The molecule has 94 valence electrons. The first-order valence-corrected chi connectivity index (χ1v) is 5.50. The van der Waals surface area contributed by atoms with Gasteiger partial charge < -0.3 is 20.8 Å². The molecule has 18 heavy (non-hydrogen) atoms. The van der Waals surface area contributed by atoms with Crippen molar-refractivity contribution in [3.05, 3.63) is 41.7 Å². The first kappa shape index (κ1) is 12.0. The molecule has 1 heterocycles. The number of hydrogen-bond donors (Lipinski definition) is 3. The molecule has 0 spiro atoms. The normalized spacial score (nSPS) is 10.1. The van der Waals surface area contributed by atoms with E-state index in [2.05, 4.69) is 10.3 Å². The van der Waals surface area contributed by atoms with Crippen LogP contribution in [0.5, 0.6) is 5.75 Å². The number of benzene rings is 1. The Morgan fingerprint density at radius 3 is 2.72 bits per heavy atom. The SMILES string of the molecule is COc1ccc(NC(=O)c2cc(N)c[nH]2)c(C)c1. The van der Waals surface area contributed by atoms with Crippen molar-refractivity contribution < 1.29 is 9.53 Å². The van der Waals surface area contributed by atoms with E-state index in [9.17, 15) is 4.79 Å². The number of nitrogen functional groups attached to an aromatic ring is 1. The van der Waals surface area contributed by atoms with Crippen molar-refractivity contribution in [1.29, 1.82) is 0 Å². The van der Waals surface area contributed by atoms with Crippen molar-refractivity contribution in [3.8, 4) is 5.75 Å². The molecule has 5 heteroatoms. The van der Waals surface area contributed by atoms with E-state index in [0.717, 1.165) is 17.0 Å². The highest BCUT2D eigenvalue weighted by Crippen LogP contribution is 2.21. The van der Waals surface area contributed by atoms with Gasteiger partial charge in [-0.2, -0.15) is 0 Å². The number of carbonyl (C=O) groups excluding carboxylic acids is 1. The first-order chi connectivity index (χ1) is 8.60. The van der Waals surface area contributed by atoms with Crippen molar-refractivity contribution in [1.82, 2.24) is 4.98 Å². The van der Waals surface area contributed by atoms with Gasteiger partial charge in [-0.15, -0.1) is 0 Å². The smallest absolute Gasteiger partial charge is 0.272 e. The zero-order valence-electron chi connectivity index (χ0n) is 10.3. The summed E-state index contributed by atoms with van der Waals surface area (Å²) in [5, 5.41) is 2.81. The molecule has 1 amide bonds. The molecule has 0 unspecified atom stereocenters. The highest BCUT2D eigenvalue weighted by atomic mass is 16.5. The Morgan fingerprint density at radius 1 is 1.39 bits per heavy atom. The van der Waals surface area contributed by atoms with Crippen LogP contribution in [0, 0.1) is 6.92 Å². The van der Waals surface area contributed by atoms with Crippen LogP contribution in [0.3, 0.4) is 0 Å². The third-order valence-corrected chi connectivity index (χ3v) is 2.63. The average Bonchev–Trinajstić information content (AvgIpc) is 2.78. The second-order valence-corrected chi connectivity index (χ2v) is 3.98. The predicted molar refractivity (Wildman–Crippen MR) is 70.9 cm³/mol. The van der Waals surface area contributed by atoms with Gasteiger partial charge in [-0.05, 0) is 36.8 Å². The lowest BCUT2D eigenvalue weighted by atomic mass is 10.2. The number of aromatic nitrogens is 1. The highest BCUT2D eigenvalue weighted by Gasteiger charge is 2.09. The molecule has 1 aromatic heterocycles. The topological polar surface area (TPSA) is 80.1 Å². The summed E-state index contributed by atoms with van der Waals surface area (Å²) in [6.45, 7) is 1.90. The number of aromatic amines is 1. The standard InChI is InChI=1S/C13H15N3O2/c1-8-5-10(18-2)3-4-11(8)16-13(17)12-6-9(14)7-15-12/h3-7,15H,14H2,1-2H3,(H,16,17). The third kappa shape index (κ3) is 2.45. The number of ether oxygens (including phenoxy) is 1. The van der Waals surface area contributed by atoms with Crippen LogP contribution < -0.4 is 15.8 Å². The molecule has 0 saturated carbocycles. The average molecular weight is 245 g/mol. The van der Waals surface area contributed by atoms with E-state index < -0.39 is 0 Å². The number of amides is 1. The van der Waals surface area contributed by atoms with Gasteiger partial charge in [-0.1, -0.05) is 0 Å². The van der Waals surface area contributed by atoms with Gasteiger partial charge in [0.15, 0.2) is 0 Å². The first-order valence-electron chi connectivity index (χ1n) is 5.50. The molecule has 0 aliphatic rings. The minimum Gasteiger partial charge on any atom is -0.497 e. The van der Waals surface area contributed by atoms with Gasteiger partial charge in [0.05, 0.1) is 7.11 Å². The van der Waals surface area contributed by atoms with Gasteiger partial charge in [0.1, 0.15) is 11.4 Å². The predicted octanol–water partition coefficient (Wildman–Crippen LogP) is 2.17. The van der Waals surface area contributed by atoms with E-state index >= 15 is 0 Å². The number of aryl methyl sites for hydroxylation is 1. The molecule has 0 radical (unpaired) electrons. The largest absolute Gasteiger partial charge is 0.497 e. The Morgan fingerprint density at radius 2 is 2.17 bits per heavy atom. The Labute approximate surface area is 105 Å². The van der Waals surface area contributed by atoms with Gasteiger partial charge in [-0.25, -0.2) is 0 Å². The maximum Gasteiger partial charge on any atom is 0.272 e. The molecular formula is C13H15N3O2. The van der Waals surface area contributed by atoms with Crippen LogP contribution in [-0.4, -0.2) is 18.0 Å². The number of anilines is 2. The number of nitrogens with one attached hydrogen (secondary N) is 2. The van der Waals surface area contributed by atoms with Crippen LogP contribution in [0.15, 0.2) is 30.5 Å². The van der Waals surface area contributed by atoms with Crippen molar-refractivity contribution in [3.63, 3.8) is 0 Å². The minimum absolute atomic E-state index is 0.222. The van der Waals surface area contributed by atoms with E-state index in [1.807, 2.05) is 13.0 Å². The van der Waals surface area contributed by atoms with E-state index in [1.165, 1.54) is 0 Å². The third-order valence-electron chi connectivity index (χ3n) is 2.63. The number of nitrogens with two attached hydrogens (primary N) is 1. The maximum atomic E-state index is 11.9. The Bertz CT molecular complexity index is 575. The fourth-order valence-electron chi connectivity index (χ4n) is 1.64. The Balaban J connectivity index is 2.16. The quantitative estimate of drug-likeness (QED) is 0.775. The molecule has 0 aliphatic carbocycles. The molecule has 0 fully saturated rings. The summed E-state index contributed by atoms with van der Waals surface area (Å²) in [5.41, 5.74) is 8.19. The summed E-state index contributed by atoms with van der Waals surface area (Å²) in [6.07, 6.45) is 1.58. The van der Waals surface area contributed by atoms with E-state index in [1.54, 1.807) is 31.5 Å². The van der Waals surface area contributed by atoms with Crippen LogP contribution in [0.2, 0.25) is 0 Å². The van der Waals surface area contributed by atoms with Gasteiger partial charge >= 0.3 is 0 Å². The van der Waals surface area contributed by atoms with Gasteiger partial charge in [0.25, 0.3) is 5.91 Å². The lowest BCUT2D eigenvalue weighted by Gasteiger charge is -2.09. The zero-order chi connectivity index (χ0) is 13.1. The molecule has 0 atom stereocenters. The van der Waals surface area contributed by atoms with E-state index in [0.29, 0.717) is 11.4 Å². The molecule has 2 aromatic rings. The summed E-state index contributed by atoms with van der Waals surface area (Å²) in [5.74, 6) is 0.537. The summed E-state index contributed by atoms with van der Waals surface area (Å²) in [4.78, 5) is 14.7. The summed E-state index contributed by atoms with van der Waals surface area (Å²) in [6, 6.07) is 7.05. The second kappa shape index (κ2) is 4.83. The lowest BCUT2D eigenvalue weighted by molar-refractivity contribution is 0.102. The molecule has 0 aliphatic heterocycles. The Hall–Kier alpha value is -2.43. The van der Waals surface area contributed by atoms with Crippen molar-refractivity contribution in [2.75, 3.05) is 18.2 Å². The van der Waals surface area contributed by atoms with Crippen LogP contribution in [-0.2, 0) is 0 Å². The summed E-state index contributed by atoms with van der Waals surface area (Å²) < 4.78 is 5.11. The number of methoxy groups -OCH3 is 1. The van der Waals surface area contributed by atoms with Crippen LogP contribution in [0.4, 0.5) is 11.4 Å². The minimum atomic E-state index is -0.222. The van der Waals surface area contributed by atoms with Crippen LogP contribution in [0.1, 0.15) is 16.1 Å². The van der Waals surface area contributed by atoms with E-state index in [-0.39, 0.29) is 5.91 Å². The molecular weight excluding hydrogens is 230 g/mol. The summed E-state index contributed by atoms with van der Waals surface area (Å²) in [7, 11) is 1.61. The monoisotopic (exact) mass is 245 g/mol. The Kier molecular flexibility index (Phi) is 3.23. The van der Waals surface area contributed by atoms with Gasteiger partial charge in [0, 0.05) is 17.6 Å². The van der Waals surface area contributed by atoms with Gasteiger partial charge in [0.2, 0.25) is 0 Å². The van der Waals surface area contributed by atoms with Crippen molar-refractivity contribution >= 4 is 17.3 Å². The zero-order valence-corrected chi connectivity index (χ0v) is 10.3. The molecule has 4 N–H and O–H groups in total.